The molecule has 1 atom stereocenters. The lowest BCUT2D eigenvalue weighted by molar-refractivity contribution is -0.137. The van der Waals surface area contributed by atoms with Gasteiger partial charge in [-0.1, -0.05) is 6.07 Å². The maximum absolute atomic E-state index is 13.0. The summed E-state index contributed by atoms with van der Waals surface area (Å²) >= 11 is 1.81. The van der Waals surface area contributed by atoms with Crippen LogP contribution in [-0.4, -0.2) is 64.9 Å². The first-order valence-corrected chi connectivity index (χ1v) is 10.2. The number of thiophene rings is 1. The van der Waals surface area contributed by atoms with E-state index in [9.17, 15) is 4.79 Å². The van der Waals surface area contributed by atoms with Crippen LogP contribution >= 0.6 is 11.3 Å². The van der Waals surface area contributed by atoms with Gasteiger partial charge in [0, 0.05) is 63.1 Å². The lowest BCUT2D eigenvalue weighted by Crippen LogP contribution is -2.52. The van der Waals surface area contributed by atoms with Gasteiger partial charge in [0.2, 0.25) is 5.91 Å². The maximum atomic E-state index is 13.0. The highest BCUT2D eigenvalue weighted by atomic mass is 32.1. The van der Waals surface area contributed by atoms with Crippen molar-refractivity contribution in [3.05, 3.63) is 41.0 Å². The van der Waals surface area contributed by atoms with E-state index in [0.29, 0.717) is 5.91 Å². The van der Waals surface area contributed by atoms with Crippen molar-refractivity contribution in [3.63, 3.8) is 0 Å². The number of amides is 1. The number of nitrogens with zero attached hydrogens (tertiary/aromatic N) is 5. The molecule has 2 aliphatic rings. The summed E-state index contributed by atoms with van der Waals surface area (Å²) in [5, 5.41) is 2.13. The normalized spacial score (nSPS) is 21.8. The molecule has 26 heavy (non-hydrogen) atoms. The Labute approximate surface area is 158 Å². The third-order valence-electron chi connectivity index (χ3n) is 5.29. The van der Waals surface area contributed by atoms with E-state index >= 15 is 0 Å². The largest absolute Gasteiger partial charge is 0.355 e. The van der Waals surface area contributed by atoms with Gasteiger partial charge in [-0.25, -0.2) is 4.98 Å². The molecule has 4 heterocycles. The van der Waals surface area contributed by atoms with Crippen LogP contribution in [-0.2, 0) is 11.3 Å². The molecule has 2 aromatic rings. The second kappa shape index (κ2) is 8.14. The zero-order chi connectivity index (χ0) is 17.8. The highest BCUT2D eigenvalue weighted by molar-refractivity contribution is 7.09. The van der Waals surface area contributed by atoms with E-state index in [1.807, 2.05) is 0 Å². The van der Waals surface area contributed by atoms with Crippen LogP contribution in [0.15, 0.2) is 36.1 Å². The number of piperazine rings is 1. The molecule has 2 saturated heterocycles. The Hall–Kier alpha value is -1.99. The van der Waals surface area contributed by atoms with Gasteiger partial charge in [-0.3, -0.25) is 14.7 Å². The first kappa shape index (κ1) is 17.4. The quantitative estimate of drug-likeness (QED) is 0.824. The fourth-order valence-electron chi connectivity index (χ4n) is 3.85. The summed E-state index contributed by atoms with van der Waals surface area (Å²) in [7, 11) is 0. The van der Waals surface area contributed by atoms with Crippen molar-refractivity contribution in [1.29, 1.82) is 0 Å². The van der Waals surface area contributed by atoms with Gasteiger partial charge in [-0.2, -0.15) is 0 Å². The van der Waals surface area contributed by atoms with Crippen LogP contribution in [0.3, 0.4) is 0 Å². The minimum Gasteiger partial charge on any atom is -0.355 e. The van der Waals surface area contributed by atoms with Crippen molar-refractivity contribution in [2.45, 2.75) is 19.4 Å². The molecule has 0 aliphatic carbocycles. The topological polar surface area (TPSA) is 52.6 Å². The van der Waals surface area contributed by atoms with Crippen LogP contribution in [0.25, 0.3) is 0 Å². The van der Waals surface area contributed by atoms with Gasteiger partial charge < -0.3 is 9.80 Å². The summed E-state index contributed by atoms with van der Waals surface area (Å²) in [5.41, 5.74) is 0. The fourth-order valence-corrected chi connectivity index (χ4v) is 4.59. The summed E-state index contributed by atoms with van der Waals surface area (Å²) < 4.78 is 0. The Morgan fingerprint density at radius 1 is 1.19 bits per heavy atom. The molecule has 0 aromatic carbocycles. The number of rotatable bonds is 4. The zero-order valence-corrected chi connectivity index (χ0v) is 15.8. The van der Waals surface area contributed by atoms with Crippen LogP contribution in [0, 0.1) is 5.92 Å². The lowest BCUT2D eigenvalue weighted by atomic mass is 9.96. The van der Waals surface area contributed by atoms with Gasteiger partial charge in [-0.15, -0.1) is 11.3 Å². The average molecular weight is 372 g/mol. The van der Waals surface area contributed by atoms with Crippen LogP contribution in [0.2, 0.25) is 0 Å². The molecular formula is C19H25N5OS. The number of carbonyl (C=O) groups excluding carboxylic acids is 1. The molecule has 0 bridgehead atoms. The van der Waals surface area contributed by atoms with E-state index in [1.54, 1.807) is 29.9 Å². The third-order valence-corrected chi connectivity index (χ3v) is 6.15. The molecule has 4 rings (SSSR count). The van der Waals surface area contributed by atoms with Gasteiger partial charge in [0.1, 0.15) is 5.82 Å². The highest BCUT2D eigenvalue weighted by Crippen LogP contribution is 2.23. The minimum atomic E-state index is 0.0783. The highest BCUT2D eigenvalue weighted by Gasteiger charge is 2.31. The van der Waals surface area contributed by atoms with Crippen molar-refractivity contribution < 1.29 is 4.79 Å². The van der Waals surface area contributed by atoms with E-state index in [-0.39, 0.29) is 5.92 Å². The fraction of sp³-hybridized carbons (Fsp3) is 0.526. The van der Waals surface area contributed by atoms with Gasteiger partial charge in [0.25, 0.3) is 0 Å². The molecular weight excluding hydrogens is 346 g/mol. The summed E-state index contributed by atoms with van der Waals surface area (Å²) in [5.74, 6) is 1.27. The molecule has 0 saturated carbocycles. The van der Waals surface area contributed by atoms with Crippen molar-refractivity contribution in [3.8, 4) is 0 Å². The number of hydrogen-bond acceptors (Lipinski definition) is 6. The van der Waals surface area contributed by atoms with E-state index in [2.05, 4.69) is 42.2 Å². The molecule has 2 fully saturated rings. The molecule has 0 spiro atoms. The van der Waals surface area contributed by atoms with Crippen molar-refractivity contribution in [1.82, 2.24) is 19.8 Å². The van der Waals surface area contributed by atoms with E-state index in [0.717, 1.165) is 64.5 Å². The van der Waals surface area contributed by atoms with Crippen molar-refractivity contribution in [2.24, 2.45) is 5.92 Å². The molecule has 0 N–H and O–H groups in total. The lowest BCUT2D eigenvalue weighted by Gasteiger charge is -2.39. The van der Waals surface area contributed by atoms with Gasteiger partial charge in [0.15, 0.2) is 0 Å². The van der Waals surface area contributed by atoms with Gasteiger partial charge >= 0.3 is 0 Å². The summed E-state index contributed by atoms with van der Waals surface area (Å²) in [6.07, 6.45) is 7.20. The zero-order valence-electron chi connectivity index (χ0n) is 15.0. The van der Waals surface area contributed by atoms with Crippen LogP contribution < -0.4 is 4.90 Å². The summed E-state index contributed by atoms with van der Waals surface area (Å²) in [4.78, 5) is 29.7. The molecule has 6 nitrogen and oxygen atoms in total. The standard InChI is InChI=1S/C19H25N5OS/c25-19(16-3-1-7-24(14-16)18-13-20-5-6-21-18)23-10-8-22(9-11-23)15-17-4-2-12-26-17/h2,4-6,12-13,16H,1,3,7-11,14-15H2/t16-/m1/s1. The maximum Gasteiger partial charge on any atom is 0.227 e. The molecule has 7 heteroatoms. The third kappa shape index (κ3) is 4.04. The van der Waals surface area contributed by atoms with E-state index in [1.165, 1.54) is 4.88 Å². The van der Waals surface area contributed by atoms with Crippen LogP contribution in [0.5, 0.6) is 0 Å². The predicted octanol–water partition coefficient (Wildman–Crippen LogP) is 2.10. The molecule has 0 unspecified atom stereocenters. The molecule has 2 aliphatic heterocycles. The summed E-state index contributed by atoms with van der Waals surface area (Å²) in [6.45, 7) is 6.32. The Morgan fingerprint density at radius 2 is 2.08 bits per heavy atom. The second-order valence-corrected chi connectivity index (χ2v) is 8.06. The molecule has 0 radical (unpaired) electrons. The Morgan fingerprint density at radius 3 is 2.81 bits per heavy atom. The number of hydrogen-bond donors (Lipinski definition) is 0. The van der Waals surface area contributed by atoms with E-state index in [4.69, 9.17) is 0 Å². The number of piperidine rings is 1. The molecule has 138 valence electrons. The van der Waals surface area contributed by atoms with Crippen molar-refractivity contribution >= 4 is 23.1 Å². The van der Waals surface area contributed by atoms with E-state index < -0.39 is 0 Å². The Bertz CT molecular complexity index is 700. The average Bonchev–Trinajstić information content (AvgIpc) is 3.22. The second-order valence-electron chi connectivity index (χ2n) is 7.03. The van der Waals surface area contributed by atoms with Crippen LogP contribution in [0.1, 0.15) is 17.7 Å². The number of carbonyl (C=O) groups is 1. The van der Waals surface area contributed by atoms with Gasteiger partial charge in [0.05, 0.1) is 12.1 Å². The first-order valence-electron chi connectivity index (χ1n) is 9.34. The monoisotopic (exact) mass is 371 g/mol. The number of aromatic nitrogens is 2. The van der Waals surface area contributed by atoms with Crippen LogP contribution in [0.4, 0.5) is 5.82 Å². The van der Waals surface area contributed by atoms with Crippen molar-refractivity contribution in [2.75, 3.05) is 44.2 Å². The summed E-state index contributed by atoms with van der Waals surface area (Å²) in [6, 6.07) is 4.29. The van der Waals surface area contributed by atoms with Gasteiger partial charge in [-0.05, 0) is 24.3 Å². The number of anilines is 1. The molecule has 1 amide bonds. The Balaban J connectivity index is 1.30. The SMILES string of the molecule is O=C([C@@H]1CCCN(c2cnccn2)C1)N1CCN(Cc2cccs2)CC1. The predicted molar refractivity (Wildman–Crippen MR) is 103 cm³/mol. The first-order chi connectivity index (χ1) is 12.8. The smallest absolute Gasteiger partial charge is 0.227 e. The Kier molecular flexibility index (Phi) is 5.45. The molecule has 2 aromatic heterocycles. The minimum absolute atomic E-state index is 0.0783.